The van der Waals surface area contributed by atoms with E-state index in [1.165, 1.54) is 5.92 Å². The summed E-state index contributed by atoms with van der Waals surface area (Å²) >= 11 is 0. The Hall–Kier alpha value is -0.210. The summed E-state index contributed by atoms with van der Waals surface area (Å²) in [4.78, 5) is 0. The molecule has 3 atom stereocenters. The molecular weight excluding hydrogens is 128 g/mol. The highest BCUT2D eigenvalue weighted by Crippen LogP contribution is 2.34. The van der Waals surface area contributed by atoms with Crippen molar-refractivity contribution in [2.45, 2.75) is 26.1 Å². The van der Waals surface area contributed by atoms with Crippen molar-refractivity contribution in [3.8, 4) is 0 Å². The van der Waals surface area contributed by atoms with Gasteiger partial charge in [0.1, 0.15) is 12.0 Å². The first-order chi connectivity index (χ1) is 4.79. The maximum atomic E-state index is 5.54. The molecule has 2 saturated heterocycles. The molecule has 56 valence electrons. The fourth-order valence-electron chi connectivity index (χ4n) is 1.73. The summed E-state index contributed by atoms with van der Waals surface area (Å²) in [6.45, 7) is 5.97. The number of hydrogen-bond donors (Lipinski definition) is 0. The lowest BCUT2D eigenvalue weighted by Gasteiger charge is -2.04. The monoisotopic (exact) mass is 141 g/mol. The lowest BCUT2D eigenvalue weighted by Crippen LogP contribution is -2.22. The molecule has 0 aromatic rings. The minimum Gasteiger partial charge on any atom is -0.335 e. The minimum atomic E-state index is 0.315. The third-order valence-corrected chi connectivity index (χ3v) is 2.39. The lowest BCUT2D eigenvalue weighted by molar-refractivity contribution is 0.0664. The van der Waals surface area contributed by atoms with Crippen LogP contribution < -0.4 is 0 Å². The fraction of sp³-hybridized carbons (Fsp3) is 0.875. The fourth-order valence-corrected chi connectivity index (χ4v) is 1.73. The maximum Gasteiger partial charge on any atom is 0.228 e. The summed E-state index contributed by atoms with van der Waals surface area (Å²) in [6, 6.07) is 0. The molecule has 2 rings (SSSR count). The van der Waals surface area contributed by atoms with E-state index in [1.807, 2.05) is 0 Å². The first-order valence-corrected chi connectivity index (χ1v) is 3.84. The molecule has 0 amide bonds. The van der Waals surface area contributed by atoms with Crippen LogP contribution in [0.3, 0.4) is 0 Å². The molecule has 0 radical (unpaired) electrons. The average Bonchev–Trinajstić information content (AvgIpc) is 2.41. The Bertz CT molecular complexity index is 119. The molecule has 2 heteroatoms. The smallest absolute Gasteiger partial charge is 0.228 e. The summed E-state index contributed by atoms with van der Waals surface area (Å²) in [5.74, 6) is 1.94. The van der Waals surface area contributed by atoms with E-state index < -0.39 is 0 Å². The van der Waals surface area contributed by atoms with Crippen molar-refractivity contribution in [3.63, 3.8) is 0 Å². The number of ether oxygens (including phenoxy) is 2. The summed E-state index contributed by atoms with van der Waals surface area (Å²) < 4.78 is 11.1. The van der Waals surface area contributed by atoms with Crippen molar-refractivity contribution in [2.75, 3.05) is 13.2 Å². The van der Waals surface area contributed by atoms with Gasteiger partial charge in [-0.2, -0.15) is 0 Å². The Balaban J connectivity index is 2.09. The zero-order valence-electron chi connectivity index (χ0n) is 6.46. The Morgan fingerprint density at radius 2 is 2.20 bits per heavy atom. The second kappa shape index (κ2) is 2.14. The normalized spacial score (nSPS) is 46.2. The standard InChI is InChI=1S/C8H13O2/c1-5-3-9-8-6(2)4-10-7(5)8/h5,7-8H,3-4H2,1-2H3/q+1. The van der Waals surface area contributed by atoms with Crippen molar-refractivity contribution < 1.29 is 9.47 Å². The van der Waals surface area contributed by atoms with Crippen LogP contribution in [-0.2, 0) is 9.47 Å². The highest BCUT2D eigenvalue weighted by molar-refractivity contribution is 5.07. The molecule has 0 aliphatic carbocycles. The molecule has 2 aliphatic heterocycles. The number of fused-ring (bicyclic) bond motifs is 1. The molecule has 2 fully saturated rings. The molecule has 2 aliphatic rings. The second-order valence-electron chi connectivity index (χ2n) is 3.35. The topological polar surface area (TPSA) is 18.5 Å². The van der Waals surface area contributed by atoms with Crippen LogP contribution in [0.4, 0.5) is 0 Å². The van der Waals surface area contributed by atoms with E-state index in [1.54, 1.807) is 0 Å². The predicted octanol–water partition coefficient (Wildman–Crippen LogP) is 1.01. The Kier molecular flexibility index (Phi) is 1.39. The molecule has 3 unspecified atom stereocenters. The van der Waals surface area contributed by atoms with E-state index >= 15 is 0 Å². The van der Waals surface area contributed by atoms with Crippen LogP contribution >= 0.6 is 0 Å². The van der Waals surface area contributed by atoms with E-state index in [9.17, 15) is 0 Å². The van der Waals surface area contributed by atoms with Gasteiger partial charge < -0.3 is 9.47 Å². The van der Waals surface area contributed by atoms with E-state index in [0.29, 0.717) is 18.1 Å². The molecule has 2 heterocycles. The second-order valence-corrected chi connectivity index (χ2v) is 3.35. The van der Waals surface area contributed by atoms with Crippen molar-refractivity contribution in [1.82, 2.24) is 0 Å². The molecule has 0 N–H and O–H groups in total. The summed E-state index contributed by atoms with van der Waals surface area (Å²) in [6.07, 6.45) is 0.676. The van der Waals surface area contributed by atoms with Crippen LogP contribution in [0, 0.1) is 11.8 Å². The molecule has 0 aromatic heterocycles. The molecule has 10 heavy (non-hydrogen) atoms. The van der Waals surface area contributed by atoms with E-state index in [4.69, 9.17) is 9.47 Å². The van der Waals surface area contributed by atoms with Gasteiger partial charge in [-0.1, -0.05) is 6.92 Å². The van der Waals surface area contributed by atoms with Gasteiger partial charge in [-0.15, -0.1) is 0 Å². The highest BCUT2D eigenvalue weighted by Gasteiger charge is 2.51. The quantitative estimate of drug-likeness (QED) is 0.469. The Morgan fingerprint density at radius 1 is 1.40 bits per heavy atom. The number of rotatable bonds is 0. The van der Waals surface area contributed by atoms with E-state index in [0.717, 1.165) is 13.2 Å². The average molecular weight is 141 g/mol. The van der Waals surface area contributed by atoms with E-state index in [2.05, 4.69) is 13.8 Å². The van der Waals surface area contributed by atoms with Gasteiger partial charge in [-0.3, -0.25) is 0 Å². The van der Waals surface area contributed by atoms with Crippen LogP contribution in [-0.4, -0.2) is 25.4 Å². The largest absolute Gasteiger partial charge is 0.335 e. The summed E-state index contributed by atoms with van der Waals surface area (Å²) in [5, 5.41) is 0. The van der Waals surface area contributed by atoms with Crippen LogP contribution in [0.5, 0.6) is 0 Å². The van der Waals surface area contributed by atoms with Crippen LogP contribution in [0.2, 0.25) is 0 Å². The SMILES string of the molecule is C[C+]1COC2C(C)COC12. The zero-order chi connectivity index (χ0) is 7.14. The molecular formula is C8H13O2+. The first-order valence-electron chi connectivity index (χ1n) is 3.84. The summed E-state index contributed by atoms with van der Waals surface area (Å²) in [5.41, 5.74) is 0. The zero-order valence-corrected chi connectivity index (χ0v) is 6.46. The van der Waals surface area contributed by atoms with Crippen molar-refractivity contribution in [1.29, 1.82) is 0 Å². The van der Waals surface area contributed by atoms with Gasteiger partial charge in [0.05, 0.1) is 13.5 Å². The Morgan fingerprint density at radius 3 is 2.90 bits per heavy atom. The van der Waals surface area contributed by atoms with Gasteiger partial charge in [0.2, 0.25) is 6.10 Å². The molecule has 0 saturated carbocycles. The molecule has 0 spiro atoms. The Labute approximate surface area is 61.5 Å². The lowest BCUT2D eigenvalue weighted by atomic mass is 9.99. The van der Waals surface area contributed by atoms with Gasteiger partial charge in [0.15, 0.2) is 6.61 Å². The van der Waals surface area contributed by atoms with Gasteiger partial charge in [0, 0.05) is 5.92 Å². The summed E-state index contributed by atoms with van der Waals surface area (Å²) in [7, 11) is 0. The van der Waals surface area contributed by atoms with Crippen molar-refractivity contribution in [2.24, 2.45) is 5.92 Å². The van der Waals surface area contributed by atoms with Crippen molar-refractivity contribution in [3.05, 3.63) is 5.92 Å². The van der Waals surface area contributed by atoms with Gasteiger partial charge in [-0.25, -0.2) is 0 Å². The van der Waals surface area contributed by atoms with Gasteiger partial charge in [-0.05, 0) is 0 Å². The number of hydrogen-bond acceptors (Lipinski definition) is 2. The van der Waals surface area contributed by atoms with Crippen LogP contribution in [0.1, 0.15) is 13.8 Å². The van der Waals surface area contributed by atoms with E-state index in [-0.39, 0.29) is 0 Å². The van der Waals surface area contributed by atoms with Crippen molar-refractivity contribution >= 4 is 0 Å². The molecule has 0 aromatic carbocycles. The molecule has 2 nitrogen and oxygen atoms in total. The van der Waals surface area contributed by atoms with Crippen LogP contribution in [0.25, 0.3) is 0 Å². The maximum absolute atomic E-state index is 5.54. The molecule has 0 bridgehead atoms. The minimum absolute atomic E-state index is 0.315. The highest BCUT2D eigenvalue weighted by atomic mass is 16.6. The first kappa shape index (κ1) is 6.50. The van der Waals surface area contributed by atoms with Gasteiger partial charge in [0.25, 0.3) is 0 Å². The predicted molar refractivity (Wildman–Crippen MR) is 37.6 cm³/mol. The van der Waals surface area contributed by atoms with Crippen LogP contribution in [0.15, 0.2) is 0 Å². The third-order valence-electron chi connectivity index (χ3n) is 2.39. The van der Waals surface area contributed by atoms with Gasteiger partial charge >= 0.3 is 0 Å². The third kappa shape index (κ3) is 0.756.